The molecule has 1 aromatic rings. The smallest absolute Gasteiger partial charge is 0.00676 e. The first-order valence-electron chi connectivity index (χ1n) is 6.97. The van der Waals surface area contributed by atoms with Crippen molar-refractivity contribution >= 4 is 0 Å². The number of rotatable bonds is 7. The molecule has 0 heterocycles. The maximum absolute atomic E-state index is 3.62. The van der Waals surface area contributed by atoms with Crippen molar-refractivity contribution in [3.05, 3.63) is 34.9 Å². The SMILES string of the molecule is CCCNC(CC)CCc1cccc(C)c1C. The summed E-state index contributed by atoms with van der Waals surface area (Å²) in [6.07, 6.45) is 4.90. The molecule has 0 bridgehead atoms. The van der Waals surface area contributed by atoms with Crippen molar-refractivity contribution in [2.45, 2.75) is 59.4 Å². The molecule has 1 N–H and O–H groups in total. The van der Waals surface area contributed by atoms with Crippen LogP contribution in [0.25, 0.3) is 0 Å². The summed E-state index contributed by atoms with van der Waals surface area (Å²) in [7, 11) is 0. The molecule has 0 fully saturated rings. The lowest BCUT2D eigenvalue weighted by Gasteiger charge is -2.17. The van der Waals surface area contributed by atoms with Gasteiger partial charge in [-0.1, -0.05) is 32.0 Å². The number of hydrogen-bond acceptors (Lipinski definition) is 1. The Morgan fingerprint density at radius 2 is 1.94 bits per heavy atom. The largest absolute Gasteiger partial charge is 0.314 e. The Labute approximate surface area is 107 Å². The zero-order valence-corrected chi connectivity index (χ0v) is 11.8. The average Bonchev–Trinajstić information content (AvgIpc) is 2.34. The molecule has 0 saturated heterocycles. The third-order valence-corrected chi connectivity index (χ3v) is 3.65. The second-order valence-corrected chi connectivity index (χ2v) is 4.96. The van der Waals surface area contributed by atoms with Crippen molar-refractivity contribution in [2.75, 3.05) is 6.54 Å². The second-order valence-electron chi connectivity index (χ2n) is 4.96. The summed E-state index contributed by atoms with van der Waals surface area (Å²) in [5, 5.41) is 3.62. The van der Waals surface area contributed by atoms with Crippen molar-refractivity contribution in [1.82, 2.24) is 5.32 Å². The fraction of sp³-hybridized carbons (Fsp3) is 0.625. The number of aryl methyl sites for hydroxylation is 2. The summed E-state index contributed by atoms with van der Waals surface area (Å²) < 4.78 is 0. The topological polar surface area (TPSA) is 12.0 Å². The molecule has 0 radical (unpaired) electrons. The fourth-order valence-electron chi connectivity index (χ4n) is 2.21. The molecule has 1 nitrogen and oxygen atoms in total. The average molecular weight is 233 g/mol. The number of hydrogen-bond donors (Lipinski definition) is 1. The summed E-state index contributed by atoms with van der Waals surface area (Å²) in [6.45, 7) is 10.1. The molecule has 0 aliphatic carbocycles. The molecule has 1 atom stereocenters. The Morgan fingerprint density at radius 1 is 1.18 bits per heavy atom. The highest BCUT2D eigenvalue weighted by Gasteiger charge is 2.07. The molecule has 0 amide bonds. The van der Waals surface area contributed by atoms with E-state index in [-0.39, 0.29) is 0 Å². The second kappa shape index (κ2) is 7.50. The number of benzene rings is 1. The third-order valence-electron chi connectivity index (χ3n) is 3.65. The van der Waals surface area contributed by atoms with Gasteiger partial charge in [0.25, 0.3) is 0 Å². The van der Waals surface area contributed by atoms with Crippen LogP contribution in [0.5, 0.6) is 0 Å². The van der Waals surface area contributed by atoms with Crippen molar-refractivity contribution in [3.8, 4) is 0 Å². The molecule has 96 valence electrons. The van der Waals surface area contributed by atoms with Crippen LogP contribution in [0, 0.1) is 13.8 Å². The van der Waals surface area contributed by atoms with E-state index >= 15 is 0 Å². The molecule has 0 spiro atoms. The summed E-state index contributed by atoms with van der Waals surface area (Å²) in [5.74, 6) is 0. The Kier molecular flexibility index (Phi) is 6.28. The van der Waals surface area contributed by atoms with Gasteiger partial charge < -0.3 is 5.32 Å². The Hall–Kier alpha value is -0.820. The molecule has 0 saturated carbocycles. The first-order chi connectivity index (χ1) is 8.19. The van der Waals surface area contributed by atoms with Crippen LogP contribution in [0.4, 0.5) is 0 Å². The van der Waals surface area contributed by atoms with E-state index in [0.717, 1.165) is 6.54 Å². The molecule has 1 rings (SSSR count). The van der Waals surface area contributed by atoms with Gasteiger partial charge in [-0.2, -0.15) is 0 Å². The maximum Gasteiger partial charge on any atom is 0.00676 e. The Bertz CT molecular complexity index is 330. The molecule has 17 heavy (non-hydrogen) atoms. The molecular weight excluding hydrogens is 206 g/mol. The van der Waals surface area contributed by atoms with Crippen LogP contribution in [0.2, 0.25) is 0 Å². The van der Waals surface area contributed by atoms with Crippen LogP contribution >= 0.6 is 0 Å². The zero-order valence-electron chi connectivity index (χ0n) is 11.8. The van der Waals surface area contributed by atoms with Gasteiger partial charge in [0.05, 0.1) is 0 Å². The first kappa shape index (κ1) is 14.2. The van der Waals surface area contributed by atoms with Crippen LogP contribution in [-0.2, 0) is 6.42 Å². The van der Waals surface area contributed by atoms with Crippen molar-refractivity contribution in [1.29, 1.82) is 0 Å². The van der Waals surface area contributed by atoms with E-state index in [4.69, 9.17) is 0 Å². The molecule has 1 heteroatoms. The monoisotopic (exact) mass is 233 g/mol. The van der Waals surface area contributed by atoms with Gasteiger partial charge in [-0.05, 0) is 62.8 Å². The molecule has 1 unspecified atom stereocenters. The van der Waals surface area contributed by atoms with E-state index in [9.17, 15) is 0 Å². The summed E-state index contributed by atoms with van der Waals surface area (Å²) in [5.41, 5.74) is 4.40. The quantitative estimate of drug-likeness (QED) is 0.750. The van der Waals surface area contributed by atoms with Gasteiger partial charge in [-0.25, -0.2) is 0 Å². The van der Waals surface area contributed by atoms with Gasteiger partial charge in [-0.3, -0.25) is 0 Å². The third kappa shape index (κ3) is 4.51. The van der Waals surface area contributed by atoms with E-state index in [2.05, 4.69) is 51.2 Å². The summed E-state index contributed by atoms with van der Waals surface area (Å²) in [4.78, 5) is 0. The Morgan fingerprint density at radius 3 is 2.59 bits per heavy atom. The predicted molar refractivity (Wildman–Crippen MR) is 76.6 cm³/mol. The lowest BCUT2D eigenvalue weighted by atomic mass is 9.97. The van der Waals surface area contributed by atoms with E-state index in [1.807, 2.05) is 0 Å². The lowest BCUT2D eigenvalue weighted by molar-refractivity contribution is 0.468. The minimum atomic E-state index is 0.676. The zero-order chi connectivity index (χ0) is 12.7. The molecule has 1 aromatic carbocycles. The van der Waals surface area contributed by atoms with Crippen LogP contribution < -0.4 is 5.32 Å². The van der Waals surface area contributed by atoms with Gasteiger partial charge in [0.2, 0.25) is 0 Å². The molecule has 0 aliphatic rings. The van der Waals surface area contributed by atoms with E-state index in [0.29, 0.717) is 6.04 Å². The normalized spacial score (nSPS) is 12.7. The predicted octanol–water partition coefficient (Wildman–Crippen LogP) is 4.01. The van der Waals surface area contributed by atoms with E-state index in [1.54, 1.807) is 0 Å². The van der Waals surface area contributed by atoms with E-state index < -0.39 is 0 Å². The van der Waals surface area contributed by atoms with Crippen LogP contribution in [0.15, 0.2) is 18.2 Å². The number of nitrogens with one attached hydrogen (secondary N) is 1. The summed E-state index contributed by atoms with van der Waals surface area (Å²) in [6, 6.07) is 7.33. The van der Waals surface area contributed by atoms with E-state index in [1.165, 1.54) is 42.4 Å². The Balaban J connectivity index is 2.50. The van der Waals surface area contributed by atoms with Crippen molar-refractivity contribution < 1.29 is 0 Å². The highest BCUT2D eigenvalue weighted by Crippen LogP contribution is 2.15. The van der Waals surface area contributed by atoms with Crippen molar-refractivity contribution in [3.63, 3.8) is 0 Å². The van der Waals surface area contributed by atoms with Crippen LogP contribution in [-0.4, -0.2) is 12.6 Å². The highest BCUT2D eigenvalue weighted by atomic mass is 14.9. The van der Waals surface area contributed by atoms with Gasteiger partial charge >= 0.3 is 0 Å². The molecular formula is C16H27N. The van der Waals surface area contributed by atoms with Crippen molar-refractivity contribution in [2.24, 2.45) is 0 Å². The van der Waals surface area contributed by atoms with Gasteiger partial charge in [0.1, 0.15) is 0 Å². The summed E-state index contributed by atoms with van der Waals surface area (Å²) >= 11 is 0. The van der Waals surface area contributed by atoms with Crippen LogP contribution in [0.3, 0.4) is 0 Å². The minimum absolute atomic E-state index is 0.676. The van der Waals surface area contributed by atoms with Gasteiger partial charge in [-0.15, -0.1) is 0 Å². The standard InChI is InChI=1S/C16H27N/c1-5-12-17-16(6-2)11-10-15-9-7-8-13(3)14(15)4/h7-9,16-17H,5-6,10-12H2,1-4H3. The first-order valence-corrected chi connectivity index (χ1v) is 6.97. The molecule has 0 aliphatic heterocycles. The minimum Gasteiger partial charge on any atom is -0.314 e. The lowest BCUT2D eigenvalue weighted by Crippen LogP contribution is -2.29. The van der Waals surface area contributed by atoms with Gasteiger partial charge in [0.15, 0.2) is 0 Å². The fourth-order valence-corrected chi connectivity index (χ4v) is 2.21. The molecule has 0 aromatic heterocycles. The maximum atomic E-state index is 3.62. The highest BCUT2D eigenvalue weighted by molar-refractivity contribution is 5.33. The van der Waals surface area contributed by atoms with Crippen LogP contribution in [0.1, 0.15) is 49.8 Å². The van der Waals surface area contributed by atoms with Gasteiger partial charge in [0, 0.05) is 6.04 Å².